The van der Waals surface area contributed by atoms with Gasteiger partial charge in [0.15, 0.2) is 0 Å². The molecule has 1 fully saturated rings. The summed E-state index contributed by atoms with van der Waals surface area (Å²) in [6, 6.07) is 34.8. The molecule has 4 heteroatoms. The van der Waals surface area contributed by atoms with Crippen molar-refractivity contribution in [2.45, 2.75) is 40.4 Å². The normalized spacial score (nSPS) is 22.7. The summed E-state index contributed by atoms with van der Waals surface area (Å²) in [6.45, 7) is 3.46. The highest BCUT2D eigenvalue weighted by atomic mass is 31.1. The second-order valence-corrected chi connectivity index (χ2v) is 12.3. The molecule has 0 aromatic heterocycles. The molecule has 38 heavy (non-hydrogen) atoms. The summed E-state index contributed by atoms with van der Waals surface area (Å²) in [4.78, 5) is 0. The smallest absolute Gasteiger partial charge is 0.261 e. The largest absolute Gasteiger partial charge is 0.451 e. The minimum absolute atomic E-state index is 0. The predicted octanol–water partition coefficient (Wildman–Crippen LogP) is 6.55. The number of rotatable bonds is 3. The zero-order valence-electron chi connectivity index (χ0n) is 20.4. The van der Waals surface area contributed by atoms with E-state index in [-0.39, 0.29) is 26.7 Å². The van der Waals surface area contributed by atoms with E-state index in [0.717, 1.165) is 24.3 Å². The van der Waals surface area contributed by atoms with Gasteiger partial charge >= 0.3 is 0 Å². The molecule has 0 radical (unpaired) electrons. The van der Waals surface area contributed by atoms with Crippen LogP contribution in [0.3, 0.4) is 0 Å². The first-order chi connectivity index (χ1) is 17.7. The Bertz CT molecular complexity index is 1360. The van der Waals surface area contributed by atoms with E-state index in [9.17, 15) is 0 Å². The van der Waals surface area contributed by atoms with Crippen LogP contribution in [0.15, 0.2) is 97.1 Å². The van der Waals surface area contributed by atoms with E-state index in [1.165, 1.54) is 32.6 Å². The third-order valence-electron chi connectivity index (χ3n) is 7.87. The fraction of sp³-hybridized carbons (Fsp3) is 0.294. The highest BCUT2D eigenvalue weighted by Gasteiger charge is 2.58. The molecule has 3 atom stereocenters. The lowest BCUT2D eigenvalue weighted by Gasteiger charge is -2.53. The van der Waals surface area contributed by atoms with E-state index in [4.69, 9.17) is 14.2 Å². The van der Waals surface area contributed by atoms with Gasteiger partial charge in [-0.2, -0.15) is 0 Å². The van der Waals surface area contributed by atoms with Crippen LogP contribution in [0.1, 0.15) is 31.5 Å². The van der Waals surface area contributed by atoms with Crippen LogP contribution >= 0.6 is 7.92 Å². The van der Waals surface area contributed by atoms with Gasteiger partial charge in [0.25, 0.3) is 5.79 Å². The highest BCUT2D eigenvalue weighted by molar-refractivity contribution is 7.80. The van der Waals surface area contributed by atoms with Gasteiger partial charge in [-0.3, -0.25) is 0 Å². The Morgan fingerprint density at radius 2 is 1.16 bits per heavy atom. The molecule has 4 aromatic rings. The summed E-state index contributed by atoms with van der Waals surface area (Å²) in [7, 11) is -0.784. The van der Waals surface area contributed by atoms with Gasteiger partial charge in [-0.25, -0.2) is 0 Å². The van der Waals surface area contributed by atoms with Crippen LogP contribution in [-0.4, -0.2) is 19.0 Å². The van der Waals surface area contributed by atoms with Gasteiger partial charge in [0.05, 0.1) is 25.0 Å². The van der Waals surface area contributed by atoms with Crippen molar-refractivity contribution in [2.75, 3.05) is 13.2 Å². The predicted molar refractivity (Wildman–Crippen MR) is 159 cm³/mol. The first-order valence-electron chi connectivity index (χ1n) is 12.8. The minimum atomic E-state index is -0.784. The van der Waals surface area contributed by atoms with Crippen LogP contribution in [-0.2, 0) is 17.6 Å². The number of para-hydroxylation sites is 2. The summed E-state index contributed by atoms with van der Waals surface area (Å²) >= 11 is 0. The third-order valence-corrected chi connectivity index (χ3v) is 10.3. The molecule has 3 heterocycles. The van der Waals surface area contributed by atoms with E-state index in [1.54, 1.807) is 0 Å². The lowest BCUT2D eigenvalue weighted by atomic mass is 9.75. The second kappa shape index (κ2) is 10.6. The number of aryl methyl sites for hydroxylation is 1. The monoisotopic (exact) mass is 524 g/mol. The molecule has 0 N–H and O–H groups in total. The maximum absolute atomic E-state index is 7.21. The maximum atomic E-state index is 7.21. The Kier molecular flexibility index (Phi) is 7.36. The van der Waals surface area contributed by atoms with Crippen LogP contribution < -0.4 is 25.4 Å². The van der Waals surface area contributed by atoms with Gasteiger partial charge in [-0.05, 0) is 55.0 Å². The van der Waals surface area contributed by atoms with Crippen molar-refractivity contribution in [1.29, 1.82) is 0 Å². The molecule has 4 aromatic carbocycles. The topological polar surface area (TPSA) is 27.7 Å². The van der Waals surface area contributed by atoms with E-state index in [1.807, 2.05) is 0 Å². The molecule has 196 valence electrons. The molecule has 7 rings (SSSR count). The van der Waals surface area contributed by atoms with Gasteiger partial charge in [0.2, 0.25) is 0 Å². The number of benzene rings is 4. The Labute approximate surface area is 228 Å². The van der Waals surface area contributed by atoms with Crippen LogP contribution in [0, 0.1) is 18.8 Å². The van der Waals surface area contributed by atoms with Gasteiger partial charge in [-0.1, -0.05) is 112 Å². The van der Waals surface area contributed by atoms with Crippen molar-refractivity contribution in [3.05, 3.63) is 114 Å². The van der Waals surface area contributed by atoms with Crippen molar-refractivity contribution in [1.82, 2.24) is 0 Å². The van der Waals surface area contributed by atoms with Crippen molar-refractivity contribution in [3.63, 3.8) is 0 Å². The molecular formula is C34H37O3P. The molecule has 0 saturated carbocycles. The second-order valence-electron chi connectivity index (χ2n) is 10.1. The zero-order valence-corrected chi connectivity index (χ0v) is 21.3. The average Bonchev–Trinajstić information content (AvgIpc) is 2.92. The van der Waals surface area contributed by atoms with E-state index in [0.29, 0.717) is 13.2 Å². The Hall–Kier alpha value is -3.13. The molecule has 3 nitrogen and oxygen atoms in total. The third kappa shape index (κ3) is 4.23. The highest BCUT2D eigenvalue weighted by Crippen LogP contribution is 2.51. The van der Waals surface area contributed by atoms with E-state index in [2.05, 4.69) is 104 Å². The minimum Gasteiger partial charge on any atom is -0.451 e. The first-order valence-corrected chi connectivity index (χ1v) is 14.1. The van der Waals surface area contributed by atoms with Gasteiger partial charge < -0.3 is 14.2 Å². The average molecular weight is 525 g/mol. The maximum Gasteiger partial charge on any atom is 0.261 e. The number of hydrogen-bond donors (Lipinski definition) is 0. The quantitative estimate of drug-likeness (QED) is 0.284. The molecule has 0 bridgehead atoms. The first kappa shape index (κ1) is 26.5. The van der Waals surface area contributed by atoms with Crippen LogP contribution in [0.4, 0.5) is 0 Å². The van der Waals surface area contributed by atoms with Gasteiger partial charge in [0.1, 0.15) is 11.5 Å². The lowest BCUT2D eigenvalue weighted by Crippen LogP contribution is -2.65. The fourth-order valence-corrected chi connectivity index (χ4v) is 8.57. The van der Waals surface area contributed by atoms with Crippen LogP contribution in [0.25, 0.3) is 0 Å². The van der Waals surface area contributed by atoms with Crippen molar-refractivity contribution < 1.29 is 14.2 Å². The van der Waals surface area contributed by atoms with Crippen LogP contribution in [0.5, 0.6) is 11.5 Å². The summed E-state index contributed by atoms with van der Waals surface area (Å²) in [5.41, 5.74) is 3.68. The molecule has 0 aliphatic carbocycles. The molecular weight excluding hydrogens is 487 g/mol. The zero-order chi connectivity index (χ0) is 24.1. The van der Waals surface area contributed by atoms with Crippen LogP contribution in [0.2, 0.25) is 0 Å². The molecule has 1 spiro atoms. The van der Waals surface area contributed by atoms with Gasteiger partial charge in [0, 0.05) is 5.30 Å². The molecule has 3 aliphatic rings. The lowest BCUT2D eigenvalue weighted by molar-refractivity contribution is -0.257. The number of ether oxygens (including phenoxy) is 3. The van der Waals surface area contributed by atoms with E-state index >= 15 is 0 Å². The summed E-state index contributed by atoms with van der Waals surface area (Å²) in [5, 5.41) is 3.91. The Balaban J connectivity index is 0.00000147. The number of hydrogen-bond acceptors (Lipinski definition) is 3. The van der Waals surface area contributed by atoms with Crippen molar-refractivity contribution >= 4 is 23.8 Å². The molecule has 1 saturated heterocycles. The molecule has 0 unspecified atom stereocenters. The fourth-order valence-electron chi connectivity index (χ4n) is 6.15. The summed E-state index contributed by atoms with van der Waals surface area (Å²) in [6.07, 6.45) is 1.81. The SMILES string of the molecule is C.C.Cc1cccc2c1O[C@]13Oc4c(cccc4P(c4ccccc4)c4ccccc4)C[C@H]1COC[C@@H]3C2. The van der Waals surface area contributed by atoms with Crippen molar-refractivity contribution in [2.24, 2.45) is 11.8 Å². The summed E-state index contributed by atoms with van der Waals surface area (Å²) < 4.78 is 20.3. The van der Waals surface area contributed by atoms with Crippen molar-refractivity contribution in [3.8, 4) is 11.5 Å². The molecule has 3 aliphatic heterocycles. The van der Waals surface area contributed by atoms with Gasteiger partial charge in [-0.15, -0.1) is 0 Å². The Morgan fingerprint density at radius 3 is 1.76 bits per heavy atom. The Morgan fingerprint density at radius 1 is 0.632 bits per heavy atom. The standard InChI is InChI=1S/C32H29O3P.2CH4/c1-22-10-8-11-23-18-25-20-33-21-26-19-24-12-9-17-29(31(24)35-32(25,26)34-30(22)23)36(27-13-4-2-5-14-27)28-15-6-3-7-16-28;;/h2-17,25-26H,18-21H2,1H3;2*1H4/t25-,26-,32+;;/m0../s1. The molecule has 0 amide bonds. The van der Waals surface area contributed by atoms with E-state index < -0.39 is 13.7 Å². The number of fused-ring (bicyclic) bond motifs is 2. The summed E-state index contributed by atoms with van der Waals surface area (Å²) in [5.74, 6) is 1.62.